The summed E-state index contributed by atoms with van der Waals surface area (Å²) in [6.07, 6.45) is 5.78. The van der Waals surface area contributed by atoms with Crippen LogP contribution < -0.4 is 0 Å². The third kappa shape index (κ3) is 2.23. The highest BCUT2D eigenvalue weighted by molar-refractivity contribution is 7.09. The van der Waals surface area contributed by atoms with Gasteiger partial charge in [0.25, 0.3) is 0 Å². The molecular formula is C7H15OP. The highest BCUT2D eigenvalue weighted by Crippen LogP contribution is 2.26. The molecule has 9 heavy (non-hydrogen) atoms. The van der Waals surface area contributed by atoms with Gasteiger partial charge >= 0.3 is 0 Å². The van der Waals surface area contributed by atoms with Gasteiger partial charge in [0, 0.05) is 9.47 Å². The summed E-state index contributed by atoms with van der Waals surface area (Å²) in [6, 6.07) is 0. The van der Waals surface area contributed by atoms with E-state index in [0.717, 1.165) is 5.92 Å². The second-order valence-electron chi connectivity index (χ2n) is 3.03. The molecule has 54 valence electrons. The van der Waals surface area contributed by atoms with Gasteiger partial charge in [0.15, 0.2) is 0 Å². The molecule has 1 unspecified atom stereocenters. The van der Waals surface area contributed by atoms with E-state index in [4.69, 9.17) is 4.52 Å². The summed E-state index contributed by atoms with van der Waals surface area (Å²) in [5, 5.41) is 0. The normalized spacial score (nSPS) is 36.7. The molecule has 1 nitrogen and oxygen atoms in total. The Morgan fingerprint density at radius 2 is 2.22 bits per heavy atom. The van der Waals surface area contributed by atoms with Crippen molar-refractivity contribution in [2.45, 2.75) is 38.7 Å². The molecule has 2 heteroatoms. The average Bonchev–Trinajstić information content (AvgIpc) is 1.88. The first kappa shape index (κ1) is 7.50. The maximum atomic E-state index is 5.18. The monoisotopic (exact) mass is 146 g/mol. The molecule has 0 radical (unpaired) electrons. The van der Waals surface area contributed by atoms with Gasteiger partial charge in [-0.05, 0) is 18.8 Å². The van der Waals surface area contributed by atoms with E-state index in [-0.39, 0.29) is 0 Å². The summed E-state index contributed by atoms with van der Waals surface area (Å²) in [5.41, 5.74) is 0. The second-order valence-corrected chi connectivity index (χ2v) is 3.30. The van der Waals surface area contributed by atoms with Crippen LogP contribution >= 0.6 is 9.47 Å². The van der Waals surface area contributed by atoms with Crippen molar-refractivity contribution in [3.63, 3.8) is 0 Å². The van der Waals surface area contributed by atoms with Crippen molar-refractivity contribution in [2.75, 3.05) is 0 Å². The molecule has 0 amide bonds. The Kier molecular flexibility index (Phi) is 2.94. The van der Waals surface area contributed by atoms with E-state index in [9.17, 15) is 0 Å². The molecular weight excluding hydrogens is 131 g/mol. The van der Waals surface area contributed by atoms with Crippen molar-refractivity contribution in [1.29, 1.82) is 0 Å². The molecule has 0 spiro atoms. The van der Waals surface area contributed by atoms with Crippen molar-refractivity contribution in [3.8, 4) is 0 Å². The lowest BCUT2D eigenvalue weighted by Gasteiger charge is -2.24. The fourth-order valence-corrected chi connectivity index (χ4v) is 1.75. The first-order valence-corrected chi connectivity index (χ1v) is 4.15. The molecule has 1 fully saturated rings. The van der Waals surface area contributed by atoms with E-state index in [1.54, 1.807) is 0 Å². The van der Waals surface area contributed by atoms with Gasteiger partial charge in [0.1, 0.15) is 0 Å². The summed E-state index contributed by atoms with van der Waals surface area (Å²) < 4.78 is 5.18. The Morgan fingerprint density at radius 1 is 1.44 bits per heavy atom. The van der Waals surface area contributed by atoms with E-state index < -0.39 is 0 Å². The second kappa shape index (κ2) is 3.53. The minimum Gasteiger partial charge on any atom is -0.362 e. The van der Waals surface area contributed by atoms with Gasteiger partial charge in [0.2, 0.25) is 0 Å². The van der Waals surface area contributed by atoms with E-state index in [1.165, 1.54) is 25.7 Å². The molecule has 0 heterocycles. The molecule has 1 saturated carbocycles. The SMILES string of the molecule is C[C@@H]1CCC[C@H](OP)C1. The highest BCUT2D eigenvalue weighted by atomic mass is 31.0. The van der Waals surface area contributed by atoms with E-state index in [1.807, 2.05) is 0 Å². The fraction of sp³-hybridized carbons (Fsp3) is 1.00. The Balaban J connectivity index is 2.23. The molecule has 1 rings (SSSR count). The molecule has 1 aliphatic rings. The quantitative estimate of drug-likeness (QED) is 0.516. The zero-order valence-corrected chi connectivity index (χ0v) is 7.12. The Hall–Kier alpha value is 0.390. The van der Waals surface area contributed by atoms with Gasteiger partial charge in [-0.1, -0.05) is 19.8 Å². The van der Waals surface area contributed by atoms with Crippen molar-refractivity contribution < 1.29 is 4.52 Å². The average molecular weight is 146 g/mol. The summed E-state index contributed by atoms with van der Waals surface area (Å²) in [5.74, 6) is 0.879. The topological polar surface area (TPSA) is 9.23 Å². The van der Waals surface area contributed by atoms with Crippen molar-refractivity contribution in [1.82, 2.24) is 0 Å². The number of hydrogen-bond acceptors (Lipinski definition) is 1. The molecule has 3 atom stereocenters. The molecule has 0 saturated heterocycles. The number of hydrogen-bond donors (Lipinski definition) is 0. The predicted molar refractivity (Wildman–Crippen MR) is 42.2 cm³/mol. The van der Waals surface area contributed by atoms with E-state index in [0.29, 0.717) is 6.10 Å². The minimum atomic E-state index is 0.527. The molecule has 0 aromatic carbocycles. The third-order valence-electron chi connectivity index (χ3n) is 2.08. The molecule has 0 N–H and O–H groups in total. The maximum absolute atomic E-state index is 5.18. The third-order valence-corrected chi connectivity index (χ3v) is 2.47. The van der Waals surface area contributed by atoms with Crippen LogP contribution in [-0.4, -0.2) is 6.10 Å². The Bertz CT molecular complexity index is 85.0. The van der Waals surface area contributed by atoms with Crippen LogP contribution in [0.25, 0.3) is 0 Å². The maximum Gasteiger partial charge on any atom is 0.0613 e. The van der Waals surface area contributed by atoms with Crippen LogP contribution in [0.4, 0.5) is 0 Å². The Morgan fingerprint density at radius 3 is 2.67 bits per heavy atom. The largest absolute Gasteiger partial charge is 0.362 e. The zero-order valence-electron chi connectivity index (χ0n) is 5.97. The van der Waals surface area contributed by atoms with Gasteiger partial charge in [-0.3, -0.25) is 0 Å². The molecule has 1 aliphatic carbocycles. The summed E-state index contributed by atoms with van der Waals surface area (Å²) in [6.45, 7) is 2.30. The summed E-state index contributed by atoms with van der Waals surface area (Å²) in [4.78, 5) is 0. The predicted octanol–water partition coefficient (Wildman–Crippen LogP) is 2.37. The molecule has 0 aromatic rings. The first-order valence-electron chi connectivity index (χ1n) is 3.68. The van der Waals surface area contributed by atoms with Crippen LogP contribution in [-0.2, 0) is 4.52 Å². The van der Waals surface area contributed by atoms with Crippen LogP contribution in [0, 0.1) is 5.92 Å². The van der Waals surface area contributed by atoms with Crippen LogP contribution in [0.3, 0.4) is 0 Å². The van der Waals surface area contributed by atoms with Crippen LogP contribution in [0.2, 0.25) is 0 Å². The van der Waals surface area contributed by atoms with Crippen molar-refractivity contribution in [2.24, 2.45) is 5.92 Å². The first-order chi connectivity index (χ1) is 4.33. The van der Waals surface area contributed by atoms with Gasteiger partial charge in [-0.15, -0.1) is 0 Å². The van der Waals surface area contributed by atoms with Crippen molar-refractivity contribution >= 4 is 9.47 Å². The lowest BCUT2D eigenvalue weighted by molar-refractivity contribution is 0.153. The number of rotatable bonds is 1. The lowest BCUT2D eigenvalue weighted by atomic mass is 9.89. The summed E-state index contributed by atoms with van der Waals surface area (Å²) >= 11 is 0. The van der Waals surface area contributed by atoms with Crippen molar-refractivity contribution in [3.05, 3.63) is 0 Å². The van der Waals surface area contributed by atoms with E-state index >= 15 is 0 Å². The lowest BCUT2D eigenvalue weighted by Crippen LogP contribution is -2.17. The molecule has 0 aromatic heterocycles. The molecule has 0 aliphatic heterocycles. The molecule has 0 bridgehead atoms. The van der Waals surface area contributed by atoms with Gasteiger partial charge in [-0.25, -0.2) is 0 Å². The Labute approximate surface area is 59.5 Å². The van der Waals surface area contributed by atoms with Gasteiger partial charge in [-0.2, -0.15) is 0 Å². The minimum absolute atomic E-state index is 0.527. The zero-order chi connectivity index (χ0) is 6.69. The smallest absolute Gasteiger partial charge is 0.0613 e. The van der Waals surface area contributed by atoms with Gasteiger partial charge < -0.3 is 4.52 Å². The van der Waals surface area contributed by atoms with Crippen LogP contribution in [0.5, 0.6) is 0 Å². The van der Waals surface area contributed by atoms with Gasteiger partial charge in [0.05, 0.1) is 6.10 Å². The van der Waals surface area contributed by atoms with Crippen LogP contribution in [0.15, 0.2) is 0 Å². The fourth-order valence-electron chi connectivity index (χ4n) is 1.50. The standard InChI is InChI=1S/C7H15OP/c1-6-3-2-4-7(5-6)8-9/h6-7H,2-5,9H2,1H3/t6-,7+/m1/s1. The highest BCUT2D eigenvalue weighted by Gasteiger charge is 2.17. The summed E-state index contributed by atoms with van der Waals surface area (Å²) in [7, 11) is 2.36. The van der Waals surface area contributed by atoms with E-state index in [2.05, 4.69) is 16.4 Å². The van der Waals surface area contributed by atoms with Crippen LogP contribution in [0.1, 0.15) is 32.6 Å².